The first-order valence-electron chi connectivity index (χ1n) is 12.6. The molecule has 0 radical (unpaired) electrons. The van der Waals surface area contributed by atoms with Crippen molar-refractivity contribution in [1.29, 1.82) is 0 Å². The van der Waals surface area contributed by atoms with Crippen molar-refractivity contribution in [2.75, 3.05) is 9.31 Å². The van der Waals surface area contributed by atoms with Crippen molar-refractivity contribution in [1.82, 2.24) is 4.57 Å². The van der Waals surface area contributed by atoms with Gasteiger partial charge in [0.15, 0.2) is 5.75 Å². The van der Waals surface area contributed by atoms with Gasteiger partial charge >= 0.3 is 0 Å². The first-order valence-corrected chi connectivity index (χ1v) is 13.0. The normalized spacial score (nSPS) is 17.2. The van der Waals surface area contributed by atoms with Gasteiger partial charge in [0, 0.05) is 22.0 Å². The molecule has 1 aromatic heterocycles. The van der Waals surface area contributed by atoms with Crippen LogP contribution in [0.4, 0.5) is 11.4 Å². The number of ether oxygens (including phenoxy) is 1. The molecule has 8 rings (SSSR count). The van der Waals surface area contributed by atoms with Crippen molar-refractivity contribution in [3.8, 4) is 5.75 Å². The lowest BCUT2D eigenvalue weighted by atomic mass is 9.94. The molecular formula is C32H26N4OS. The van der Waals surface area contributed by atoms with E-state index in [9.17, 15) is 0 Å². The number of benzene rings is 4. The Bertz CT molecular complexity index is 1730. The lowest BCUT2D eigenvalue weighted by molar-refractivity contribution is 0.470. The van der Waals surface area contributed by atoms with Gasteiger partial charge in [0.2, 0.25) is 0 Å². The van der Waals surface area contributed by atoms with Gasteiger partial charge in [-0.2, -0.15) is 0 Å². The first-order chi connectivity index (χ1) is 18.7. The maximum absolute atomic E-state index is 5.61. The number of rotatable bonds is 1. The van der Waals surface area contributed by atoms with Crippen LogP contribution >= 0.6 is 12.8 Å². The minimum atomic E-state index is 0.308. The second-order valence-electron chi connectivity index (χ2n) is 9.49. The Morgan fingerprint density at radius 2 is 1.39 bits per heavy atom. The van der Waals surface area contributed by atoms with Gasteiger partial charge < -0.3 is 13.6 Å². The first kappa shape index (κ1) is 22.8. The molecule has 4 aromatic carbocycles. The number of hydrazine groups is 1. The fourth-order valence-corrected chi connectivity index (χ4v) is 6.02. The van der Waals surface area contributed by atoms with E-state index in [1.54, 1.807) is 12.5 Å². The molecule has 1 atom stereocenters. The fourth-order valence-electron chi connectivity index (χ4n) is 5.62. The van der Waals surface area contributed by atoms with Gasteiger partial charge in [-0.05, 0) is 48.4 Å². The molecule has 2 N–H and O–H groups in total. The summed E-state index contributed by atoms with van der Waals surface area (Å²) in [4.78, 5) is 0. The molecule has 1 unspecified atom stereocenters. The van der Waals surface area contributed by atoms with Crippen molar-refractivity contribution in [2.45, 2.75) is 12.5 Å². The molecule has 0 bridgehead atoms. The third kappa shape index (κ3) is 3.61. The molecule has 5 nitrogen and oxygen atoms in total. The second-order valence-corrected chi connectivity index (χ2v) is 9.92. The highest BCUT2D eigenvalue weighted by Crippen LogP contribution is 2.46. The third-order valence-electron chi connectivity index (χ3n) is 7.37. The van der Waals surface area contributed by atoms with Crippen molar-refractivity contribution < 1.29 is 4.74 Å². The van der Waals surface area contributed by atoms with E-state index in [1.807, 2.05) is 24.3 Å². The number of nitrogens with two attached hydrogens (primary N) is 1. The van der Waals surface area contributed by atoms with Crippen LogP contribution in [0.5, 0.6) is 5.75 Å². The summed E-state index contributed by atoms with van der Waals surface area (Å²) in [5, 5.41) is 4.13. The Hall–Kier alpha value is -4.39. The van der Waals surface area contributed by atoms with Crippen molar-refractivity contribution in [3.63, 3.8) is 0 Å². The predicted molar refractivity (Wildman–Crippen MR) is 161 cm³/mol. The molecule has 38 heavy (non-hydrogen) atoms. The lowest BCUT2D eigenvalue weighted by Gasteiger charge is -2.24. The Kier molecular flexibility index (Phi) is 5.50. The van der Waals surface area contributed by atoms with Crippen LogP contribution in [-0.4, -0.2) is 10.6 Å². The van der Waals surface area contributed by atoms with E-state index in [0.717, 1.165) is 17.9 Å². The number of allylic oxidation sites excluding steroid dienone is 2. The maximum Gasteiger partial charge on any atom is 0.151 e. The third-order valence-corrected chi connectivity index (χ3v) is 7.86. The number of aromatic nitrogens is 1. The molecular weight excluding hydrogens is 488 g/mol. The van der Waals surface area contributed by atoms with Gasteiger partial charge in [0.05, 0.1) is 34.6 Å². The summed E-state index contributed by atoms with van der Waals surface area (Å²) in [6.45, 7) is 0. The number of hydrogen-bond acceptors (Lipinski definition) is 5. The molecule has 2 aliphatic heterocycles. The molecule has 0 fully saturated rings. The highest BCUT2D eigenvalue weighted by atomic mass is 32.1. The zero-order valence-corrected chi connectivity index (χ0v) is 21.5. The van der Waals surface area contributed by atoms with E-state index in [0.29, 0.717) is 6.04 Å². The van der Waals surface area contributed by atoms with Crippen LogP contribution in [0.3, 0.4) is 0 Å². The monoisotopic (exact) mass is 514 g/mol. The lowest BCUT2D eigenvalue weighted by Crippen LogP contribution is -2.26. The van der Waals surface area contributed by atoms with Crippen LogP contribution in [0.1, 0.15) is 12.0 Å². The quantitative estimate of drug-likeness (QED) is 0.181. The zero-order valence-electron chi connectivity index (χ0n) is 20.6. The van der Waals surface area contributed by atoms with Crippen LogP contribution < -0.4 is 19.9 Å². The van der Waals surface area contributed by atoms with E-state index in [-0.39, 0.29) is 0 Å². The van der Waals surface area contributed by atoms with Gasteiger partial charge in [0.25, 0.3) is 0 Å². The fraction of sp³-hybridized carbons (Fsp3) is 0.0625. The van der Waals surface area contributed by atoms with Crippen LogP contribution in [-0.2, 0) is 0 Å². The molecule has 5 aromatic rings. The van der Waals surface area contributed by atoms with E-state index >= 15 is 0 Å². The Morgan fingerprint density at radius 1 is 0.763 bits per heavy atom. The van der Waals surface area contributed by atoms with Crippen LogP contribution in [0.25, 0.3) is 33.1 Å². The number of thiol groups is 1. The molecule has 0 saturated heterocycles. The van der Waals surface area contributed by atoms with E-state index < -0.39 is 0 Å². The average molecular weight is 515 g/mol. The van der Waals surface area contributed by atoms with Crippen LogP contribution in [0.15, 0.2) is 122 Å². The second kappa shape index (κ2) is 9.17. The number of para-hydroxylation sites is 5. The topological polar surface area (TPSA) is 46.7 Å². The molecule has 3 heterocycles. The van der Waals surface area contributed by atoms with Gasteiger partial charge in [-0.3, -0.25) is 5.01 Å². The SMILES string of the molecule is NN1C=COc2ccccc21.SN1c2ccccc2C2=CC(n3c4ccccc4c4ccccc43)=CCC21. The van der Waals surface area contributed by atoms with Crippen molar-refractivity contribution >= 4 is 57.3 Å². The summed E-state index contributed by atoms with van der Waals surface area (Å²) in [7, 11) is 0. The Labute approximate surface area is 226 Å². The van der Waals surface area contributed by atoms with Crippen LogP contribution in [0.2, 0.25) is 0 Å². The molecule has 0 amide bonds. The average Bonchev–Trinajstić information content (AvgIpc) is 3.46. The Balaban J connectivity index is 0.000000184. The van der Waals surface area contributed by atoms with E-state index in [2.05, 4.69) is 93.8 Å². The largest absolute Gasteiger partial charge is 0.461 e. The minimum absolute atomic E-state index is 0.308. The summed E-state index contributed by atoms with van der Waals surface area (Å²) >= 11 is 4.77. The molecule has 6 heteroatoms. The molecule has 0 saturated carbocycles. The summed E-state index contributed by atoms with van der Waals surface area (Å²) < 4.78 is 9.70. The number of anilines is 2. The Morgan fingerprint density at radius 3 is 2.13 bits per heavy atom. The number of fused-ring (bicyclic) bond motifs is 7. The molecule has 186 valence electrons. The van der Waals surface area contributed by atoms with Crippen molar-refractivity contribution in [2.24, 2.45) is 5.84 Å². The van der Waals surface area contributed by atoms with Gasteiger partial charge in [-0.25, -0.2) is 5.84 Å². The maximum atomic E-state index is 5.61. The number of hydrogen-bond donors (Lipinski definition) is 2. The van der Waals surface area contributed by atoms with Gasteiger partial charge in [-0.1, -0.05) is 85.6 Å². The smallest absolute Gasteiger partial charge is 0.151 e. The van der Waals surface area contributed by atoms with Crippen molar-refractivity contribution in [3.05, 3.63) is 127 Å². The summed E-state index contributed by atoms with van der Waals surface area (Å²) in [5.41, 5.74) is 8.51. The highest BCUT2D eigenvalue weighted by Gasteiger charge is 2.33. The van der Waals surface area contributed by atoms with E-state index in [1.165, 1.54) is 49.3 Å². The standard InChI is InChI=1S/C24H18N2S.C8H8N2O/c27-26-23-12-6-3-9-19(23)20-15-16(13-14-24(20)26)25-21-10-4-1-7-17(21)18-8-2-5-11-22(18)25;9-10-5-6-11-8-4-2-1-3-7(8)10/h1-13,15,24,27H,14H2;1-6H,9H2. The van der Waals surface area contributed by atoms with E-state index in [4.69, 9.17) is 23.4 Å². The summed E-state index contributed by atoms with van der Waals surface area (Å²) in [5.74, 6) is 6.40. The minimum Gasteiger partial charge on any atom is -0.461 e. The van der Waals surface area contributed by atoms with Crippen LogP contribution in [0, 0.1) is 0 Å². The zero-order chi connectivity index (χ0) is 25.6. The molecule has 3 aliphatic rings. The highest BCUT2D eigenvalue weighted by molar-refractivity contribution is 7.81. The number of nitrogens with zero attached hydrogens (tertiary/aromatic N) is 3. The van der Waals surface area contributed by atoms with Gasteiger partial charge in [-0.15, -0.1) is 0 Å². The summed E-state index contributed by atoms with van der Waals surface area (Å²) in [6, 6.07) is 33.8. The predicted octanol–water partition coefficient (Wildman–Crippen LogP) is 7.39. The molecule has 0 spiro atoms. The van der Waals surface area contributed by atoms with Gasteiger partial charge in [0.1, 0.15) is 6.26 Å². The molecule has 1 aliphatic carbocycles. The summed E-state index contributed by atoms with van der Waals surface area (Å²) in [6.07, 6.45) is 8.88.